The van der Waals surface area contributed by atoms with Crippen molar-refractivity contribution in [2.75, 3.05) is 13.2 Å². The Kier molecular flexibility index (Phi) is 4.79. The lowest BCUT2D eigenvalue weighted by molar-refractivity contribution is -0.293. The highest BCUT2D eigenvalue weighted by Gasteiger charge is 2.58. The monoisotopic (exact) mass is 375 g/mol. The summed E-state index contributed by atoms with van der Waals surface area (Å²) in [7, 11) is 0. The number of hydrogen-bond acceptors (Lipinski definition) is 5. The molecule has 3 fully saturated rings. The molecule has 0 N–H and O–H groups in total. The first-order valence-electron chi connectivity index (χ1n) is 9.74. The zero-order valence-electron chi connectivity index (χ0n) is 16.5. The van der Waals surface area contributed by atoms with Crippen LogP contribution in [-0.2, 0) is 30.3 Å². The van der Waals surface area contributed by atoms with Crippen LogP contribution in [0.3, 0.4) is 0 Å². The van der Waals surface area contributed by atoms with Crippen molar-refractivity contribution < 1.29 is 23.7 Å². The van der Waals surface area contributed by atoms with Crippen LogP contribution < -0.4 is 0 Å². The van der Waals surface area contributed by atoms with Gasteiger partial charge in [0.1, 0.15) is 6.10 Å². The normalized spacial score (nSPS) is 35.1. The average Bonchev–Trinajstić information content (AvgIpc) is 2.96. The number of amides is 1. The van der Waals surface area contributed by atoms with Crippen LogP contribution in [0.4, 0.5) is 0 Å². The summed E-state index contributed by atoms with van der Waals surface area (Å²) in [5, 5.41) is 0. The number of rotatable bonds is 4. The molecule has 1 aromatic rings. The van der Waals surface area contributed by atoms with E-state index in [0.717, 1.165) is 5.56 Å². The molecule has 1 amide bonds. The van der Waals surface area contributed by atoms with Crippen LogP contribution in [0.1, 0.15) is 39.7 Å². The fourth-order valence-electron chi connectivity index (χ4n) is 4.39. The molecule has 1 aromatic carbocycles. The van der Waals surface area contributed by atoms with Crippen LogP contribution in [0.25, 0.3) is 0 Å². The Morgan fingerprint density at radius 3 is 2.30 bits per heavy atom. The molecule has 0 aliphatic carbocycles. The maximum Gasteiger partial charge on any atom is 0.231 e. The standard InChI is InChI=1S/C21H29NO5/c1-20(2)24-11-10-15(26-20)17-18(16-13-25-21(3,4)27-16)22(19(17)23)12-14-8-6-5-7-9-14/h5-9,15-18H,10-13H2,1-4H3/t15-,16-,17+,18+/m0/s1. The van der Waals surface area contributed by atoms with Gasteiger partial charge >= 0.3 is 0 Å². The van der Waals surface area contributed by atoms with Gasteiger partial charge in [-0.1, -0.05) is 30.3 Å². The summed E-state index contributed by atoms with van der Waals surface area (Å²) in [6.45, 7) is 9.29. The Bertz CT molecular complexity index is 689. The number of β-lactam (4-membered cyclic amide) rings is 1. The topological polar surface area (TPSA) is 57.2 Å². The van der Waals surface area contributed by atoms with Crippen molar-refractivity contribution in [2.24, 2.45) is 5.92 Å². The maximum absolute atomic E-state index is 13.1. The molecule has 3 heterocycles. The molecular weight excluding hydrogens is 346 g/mol. The summed E-state index contributed by atoms with van der Waals surface area (Å²) in [6, 6.07) is 10.0. The Hall–Kier alpha value is -1.47. The van der Waals surface area contributed by atoms with E-state index >= 15 is 0 Å². The molecule has 0 radical (unpaired) electrons. The van der Waals surface area contributed by atoms with Gasteiger partial charge in [0, 0.05) is 6.54 Å². The summed E-state index contributed by atoms with van der Waals surface area (Å²) < 4.78 is 23.7. The van der Waals surface area contributed by atoms with Crippen molar-refractivity contribution >= 4 is 5.91 Å². The van der Waals surface area contributed by atoms with Crippen molar-refractivity contribution in [2.45, 2.75) is 70.5 Å². The quantitative estimate of drug-likeness (QED) is 0.758. The van der Waals surface area contributed by atoms with Gasteiger partial charge in [0.2, 0.25) is 5.91 Å². The van der Waals surface area contributed by atoms with E-state index in [1.165, 1.54) is 0 Å². The van der Waals surface area contributed by atoms with E-state index in [1.807, 2.05) is 62.9 Å². The van der Waals surface area contributed by atoms with E-state index < -0.39 is 11.6 Å². The number of carbonyl (C=O) groups excluding carboxylic acids is 1. The molecule has 6 heteroatoms. The second kappa shape index (κ2) is 6.85. The van der Waals surface area contributed by atoms with Gasteiger partial charge in [-0.05, 0) is 39.7 Å². The number of nitrogens with zero attached hydrogens (tertiary/aromatic N) is 1. The smallest absolute Gasteiger partial charge is 0.231 e. The fraction of sp³-hybridized carbons (Fsp3) is 0.667. The minimum atomic E-state index is -0.667. The first-order valence-corrected chi connectivity index (χ1v) is 9.74. The highest BCUT2D eigenvalue weighted by Crippen LogP contribution is 2.42. The minimum absolute atomic E-state index is 0.0571. The van der Waals surface area contributed by atoms with Crippen molar-refractivity contribution in [1.29, 1.82) is 0 Å². The summed E-state index contributed by atoms with van der Waals surface area (Å²) >= 11 is 0. The molecule has 6 nitrogen and oxygen atoms in total. The van der Waals surface area contributed by atoms with E-state index in [1.54, 1.807) is 0 Å². The van der Waals surface area contributed by atoms with Crippen LogP contribution >= 0.6 is 0 Å². The maximum atomic E-state index is 13.1. The lowest BCUT2D eigenvalue weighted by atomic mass is 9.78. The van der Waals surface area contributed by atoms with Crippen LogP contribution in [0.5, 0.6) is 0 Å². The number of hydrogen-bond donors (Lipinski definition) is 0. The summed E-state index contributed by atoms with van der Waals surface area (Å²) in [5.41, 5.74) is 1.11. The molecule has 0 aromatic heterocycles. The fourth-order valence-corrected chi connectivity index (χ4v) is 4.39. The Balaban J connectivity index is 1.56. The van der Waals surface area contributed by atoms with E-state index in [2.05, 4.69) is 0 Å². The molecule has 0 unspecified atom stereocenters. The molecule has 3 aliphatic rings. The lowest BCUT2D eigenvalue weighted by Crippen LogP contribution is -2.70. The first kappa shape index (κ1) is 18.9. The SMILES string of the molecule is CC1(C)OCC[C@@H]([C@H]2C(=O)N(Cc3ccccc3)[C@@H]2[C@@H]2COC(C)(C)O2)O1. The number of benzene rings is 1. The zero-order chi connectivity index (χ0) is 19.2. The van der Waals surface area contributed by atoms with Crippen molar-refractivity contribution in [1.82, 2.24) is 4.90 Å². The molecule has 3 saturated heterocycles. The van der Waals surface area contributed by atoms with E-state index in [9.17, 15) is 4.79 Å². The molecule has 3 aliphatic heterocycles. The van der Waals surface area contributed by atoms with Crippen molar-refractivity contribution in [3.8, 4) is 0 Å². The van der Waals surface area contributed by atoms with Crippen molar-refractivity contribution in [3.63, 3.8) is 0 Å². The number of ether oxygens (including phenoxy) is 4. The van der Waals surface area contributed by atoms with E-state index in [0.29, 0.717) is 26.2 Å². The van der Waals surface area contributed by atoms with Gasteiger partial charge in [-0.2, -0.15) is 0 Å². The van der Waals surface area contributed by atoms with Crippen LogP contribution in [0, 0.1) is 5.92 Å². The molecule has 4 rings (SSSR count). The van der Waals surface area contributed by atoms with Gasteiger partial charge in [-0.25, -0.2) is 0 Å². The van der Waals surface area contributed by atoms with E-state index in [4.69, 9.17) is 18.9 Å². The number of likely N-dealkylation sites (tertiary alicyclic amines) is 1. The third-order valence-corrected chi connectivity index (χ3v) is 5.59. The molecule has 0 spiro atoms. The number of carbonyl (C=O) groups is 1. The van der Waals surface area contributed by atoms with Gasteiger partial charge in [0.25, 0.3) is 0 Å². The van der Waals surface area contributed by atoms with Crippen LogP contribution in [-0.4, -0.2) is 53.8 Å². The van der Waals surface area contributed by atoms with E-state index in [-0.39, 0.29) is 30.1 Å². The molecule has 0 bridgehead atoms. The Morgan fingerprint density at radius 1 is 1.00 bits per heavy atom. The summed E-state index contributed by atoms with van der Waals surface area (Å²) in [4.78, 5) is 15.0. The lowest BCUT2D eigenvalue weighted by Gasteiger charge is -2.53. The predicted octanol–water partition coefficient (Wildman–Crippen LogP) is 2.71. The van der Waals surface area contributed by atoms with Crippen molar-refractivity contribution in [3.05, 3.63) is 35.9 Å². The minimum Gasteiger partial charge on any atom is -0.350 e. The Labute approximate surface area is 160 Å². The van der Waals surface area contributed by atoms with Gasteiger partial charge in [-0.15, -0.1) is 0 Å². The zero-order valence-corrected chi connectivity index (χ0v) is 16.5. The highest BCUT2D eigenvalue weighted by molar-refractivity contribution is 5.87. The second-order valence-corrected chi connectivity index (χ2v) is 8.53. The van der Waals surface area contributed by atoms with Gasteiger partial charge < -0.3 is 23.8 Å². The molecule has 0 saturated carbocycles. The third kappa shape index (κ3) is 3.76. The molecule has 148 valence electrons. The molecule has 4 atom stereocenters. The van der Waals surface area contributed by atoms with Crippen LogP contribution in [0.15, 0.2) is 30.3 Å². The largest absolute Gasteiger partial charge is 0.350 e. The van der Waals surface area contributed by atoms with Crippen LogP contribution in [0.2, 0.25) is 0 Å². The predicted molar refractivity (Wildman–Crippen MR) is 98.7 cm³/mol. The van der Waals surface area contributed by atoms with Gasteiger partial charge in [-0.3, -0.25) is 4.79 Å². The highest BCUT2D eigenvalue weighted by atomic mass is 16.7. The van der Waals surface area contributed by atoms with Gasteiger partial charge in [0.05, 0.1) is 31.3 Å². The summed E-state index contributed by atoms with van der Waals surface area (Å²) in [5.74, 6) is -1.39. The summed E-state index contributed by atoms with van der Waals surface area (Å²) in [6.07, 6.45) is 0.401. The average molecular weight is 375 g/mol. The second-order valence-electron chi connectivity index (χ2n) is 8.53. The molecule has 27 heavy (non-hydrogen) atoms. The van der Waals surface area contributed by atoms with Gasteiger partial charge in [0.15, 0.2) is 11.6 Å². The first-order chi connectivity index (χ1) is 12.8. The third-order valence-electron chi connectivity index (χ3n) is 5.59. The molecular formula is C21H29NO5. The Morgan fingerprint density at radius 2 is 1.67 bits per heavy atom.